The molecular formula is C13H21NO2. The van der Waals surface area contributed by atoms with E-state index in [0.717, 1.165) is 12.3 Å². The SMILES string of the molecule is COc1cccc(C(C)(C)CNCCO)c1. The molecule has 0 aliphatic rings. The third kappa shape index (κ3) is 3.51. The molecule has 0 heterocycles. The Bertz CT molecular complexity index is 323. The number of aliphatic hydroxyl groups is 1. The summed E-state index contributed by atoms with van der Waals surface area (Å²) >= 11 is 0. The fraction of sp³-hybridized carbons (Fsp3) is 0.538. The van der Waals surface area contributed by atoms with E-state index in [0.29, 0.717) is 6.54 Å². The van der Waals surface area contributed by atoms with Crippen molar-refractivity contribution in [2.75, 3.05) is 26.8 Å². The molecule has 16 heavy (non-hydrogen) atoms. The van der Waals surface area contributed by atoms with Crippen molar-refractivity contribution in [2.24, 2.45) is 0 Å². The van der Waals surface area contributed by atoms with Crippen LogP contribution >= 0.6 is 0 Å². The maximum Gasteiger partial charge on any atom is 0.119 e. The fourth-order valence-electron chi connectivity index (χ4n) is 1.63. The standard InChI is InChI=1S/C13H21NO2/c1-13(2,10-14-7-8-15)11-5-4-6-12(9-11)16-3/h4-6,9,14-15H,7-8,10H2,1-3H3. The van der Waals surface area contributed by atoms with Gasteiger partial charge in [-0.1, -0.05) is 26.0 Å². The zero-order valence-corrected chi connectivity index (χ0v) is 10.3. The number of aliphatic hydroxyl groups excluding tert-OH is 1. The zero-order valence-electron chi connectivity index (χ0n) is 10.3. The Morgan fingerprint density at radius 1 is 1.38 bits per heavy atom. The normalized spacial score (nSPS) is 11.5. The third-order valence-electron chi connectivity index (χ3n) is 2.71. The first-order valence-corrected chi connectivity index (χ1v) is 5.56. The van der Waals surface area contributed by atoms with Crippen molar-refractivity contribution in [3.8, 4) is 5.75 Å². The van der Waals surface area contributed by atoms with Gasteiger partial charge in [-0.2, -0.15) is 0 Å². The van der Waals surface area contributed by atoms with E-state index in [4.69, 9.17) is 9.84 Å². The van der Waals surface area contributed by atoms with Crippen LogP contribution in [0, 0.1) is 0 Å². The van der Waals surface area contributed by atoms with E-state index in [-0.39, 0.29) is 12.0 Å². The van der Waals surface area contributed by atoms with Crippen LogP contribution in [-0.4, -0.2) is 31.9 Å². The molecule has 0 aromatic heterocycles. The summed E-state index contributed by atoms with van der Waals surface area (Å²) in [6.07, 6.45) is 0. The summed E-state index contributed by atoms with van der Waals surface area (Å²) in [5.74, 6) is 0.882. The van der Waals surface area contributed by atoms with Crippen molar-refractivity contribution < 1.29 is 9.84 Å². The highest BCUT2D eigenvalue weighted by molar-refractivity contribution is 5.33. The van der Waals surface area contributed by atoms with Gasteiger partial charge in [0.25, 0.3) is 0 Å². The minimum atomic E-state index is 0.0315. The molecule has 0 spiro atoms. The first-order valence-electron chi connectivity index (χ1n) is 5.56. The Kier molecular flexibility index (Phi) is 4.77. The number of nitrogens with one attached hydrogen (secondary N) is 1. The van der Waals surface area contributed by atoms with Crippen LogP contribution in [0.15, 0.2) is 24.3 Å². The van der Waals surface area contributed by atoms with Crippen LogP contribution in [0.25, 0.3) is 0 Å². The van der Waals surface area contributed by atoms with Crippen LogP contribution in [0.5, 0.6) is 5.75 Å². The molecule has 0 bridgehead atoms. The molecule has 1 aromatic carbocycles. The lowest BCUT2D eigenvalue weighted by Gasteiger charge is -2.26. The highest BCUT2D eigenvalue weighted by atomic mass is 16.5. The molecule has 90 valence electrons. The van der Waals surface area contributed by atoms with Crippen molar-refractivity contribution in [1.82, 2.24) is 5.32 Å². The van der Waals surface area contributed by atoms with Crippen molar-refractivity contribution in [3.63, 3.8) is 0 Å². The van der Waals surface area contributed by atoms with Crippen LogP contribution in [0.2, 0.25) is 0 Å². The second-order valence-electron chi connectivity index (χ2n) is 4.52. The Hall–Kier alpha value is -1.06. The molecule has 2 N–H and O–H groups in total. The molecule has 3 heteroatoms. The third-order valence-corrected chi connectivity index (χ3v) is 2.71. The average Bonchev–Trinajstić information content (AvgIpc) is 2.29. The molecule has 0 saturated carbocycles. The van der Waals surface area contributed by atoms with Gasteiger partial charge in [-0.25, -0.2) is 0 Å². The van der Waals surface area contributed by atoms with E-state index >= 15 is 0 Å². The molecule has 0 amide bonds. The largest absolute Gasteiger partial charge is 0.497 e. The summed E-state index contributed by atoms with van der Waals surface area (Å²) in [7, 11) is 1.68. The molecule has 0 unspecified atom stereocenters. The number of benzene rings is 1. The smallest absolute Gasteiger partial charge is 0.119 e. The Balaban J connectivity index is 2.72. The van der Waals surface area contributed by atoms with Crippen molar-refractivity contribution in [3.05, 3.63) is 29.8 Å². The van der Waals surface area contributed by atoms with Gasteiger partial charge >= 0.3 is 0 Å². The van der Waals surface area contributed by atoms with Crippen molar-refractivity contribution in [2.45, 2.75) is 19.3 Å². The van der Waals surface area contributed by atoms with Crippen LogP contribution in [0.4, 0.5) is 0 Å². The Morgan fingerprint density at radius 2 is 2.12 bits per heavy atom. The first kappa shape index (κ1) is 13.0. The number of methoxy groups -OCH3 is 1. The molecular weight excluding hydrogens is 202 g/mol. The molecule has 0 aliphatic carbocycles. The number of rotatable bonds is 6. The van der Waals surface area contributed by atoms with Gasteiger partial charge in [-0.15, -0.1) is 0 Å². The second-order valence-corrected chi connectivity index (χ2v) is 4.52. The zero-order chi connectivity index (χ0) is 12.0. The van der Waals surface area contributed by atoms with Gasteiger partial charge in [0.15, 0.2) is 0 Å². The van der Waals surface area contributed by atoms with Crippen LogP contribution in [-0.2, 0) is 5.41 Å². The highest BCUT2D eigenvalue weighted by Gasteiger charge is 2.20. The minimum absolute atomic E-state index is 0.0315. The van der Waals surface area contributed by atoms with E-state index in [2.05, 4.69) is 31.3 Å². The van der Waals surface area contributed by atoms with Crippen LogP contribution < -0.4 is 10.1 Å². The lowest BCUT2D eigenvalue weighted by atomic mass is 9.84. The average molecular weight is 223 g/mol. The van der Waals surface area contributed by atoms with E-state index in [9.17, 15) is 0 Å². The number of hydrogen-bond acceptors (Lipinski definition) is 3. The number of ether oxygens (including phenoxy) is 1. The molecule has 0 atom stereocenters. The van der Waals surface area contributed by atoms with Gasteiger partial charge in [0.05, 0.1) is 13.7 Å². The Labute approximate surface area is 97.4 Å². The summed E-state index contributed by atoms with van der Waals surface area (Å²) in [6.45, 7) is 5.99. The minimum Gasteiger partial charge on any atom is -0.497 e. The molecule has 0 aliphatic heterocycles. The monoisotopic (exact) mass is 223 g/mol. The summed E-state index contributed by atoms with van der Waals surface area (Å²) in [5, 5.41) is 12.0. The lowest BCUT2D eigenvalue weighted by molar-refractivity contribution is 0.286. The van der Waals surface area contributed by atoms with Gasteiger partial charge in [-0.3, -0.25) is 0 Å². The summed E-state index contributed by atoms with van der Waals surface area (Å²) in [4.78, 5) is 0. The Morgan fingerprint density at radius 3 is 2.75 bits per heavy atom. The number of hydrogen-bond donors (Lipinski definition) is 2. The van der Waals surface area contributed by atoms with Crippen LogP contribution in [0.3, 0.4) is 0 Å². The molecule has 1 aromatic rings. The van der Waals surface area contributed by atoms with E-state index in [1.165, 1.54) is 5.56 Å². The maximum atomic E-state index is 8.73. The molecule has 0 saturated heterocycles. The molecule has 0 radical (unpaired) electrons. The quantitative estimate of drug-likeness (QED) is 0.719. The lowest BCUT2D eigenvalue weighted by Crippen LogP contribution is -2.34. The maximum absolute atomic E-state index is 8.73. The van der Waals surface area contributed by atoms with Gasteiger partial charge in [0.1, 0.15) is 5.75 Å². The molecule has 1 rings (SSSR count). The summed E-state index contributed by atoms with van der Waals surface area (Å²) in [6, 6.07) is 8.10. The van der Waals surface area contributed by atoms with E-state index < -0.39 is 0 Å². The van der Waals surface area contributed by atoms with Crippen LogP contribution in [0.1, 0.15) is 19.4 Å². The molecule has 0 fully saturated rings. The fourth-order valence-corrected chi connectivity index (χ4v) is 1.63. The van der Waals surface area contributed by atoms with Gasteiger partial charge in [-0.05, 0) is 17.7 Å². The predicted octanol–water partition coefficient (Wildman–Crippen LogP) is 1.55. The van der Waals surface area contributed by atoms with Crippen molar-refractivity contribution in [1.29, 1.82) is 0 Å². The highest BCUT2D eigenvalue weighted by Crippen LogP contribution is 2.25. The first-order chi connectivity index (χ1) is 7.60. The van der Waals surface area contributed by atoms with E-state index in [1.54, 1.807) is 7.11 Å². The predicted molar refractivity (Wildman–Crippen MR) is 66.0 cm³/mol. The van der Waals surface area contributed by atoms with Crippen molar-refractivity contribution >= 4 is 0 Å². The second kappa shape index (κ2) is 5.87. The molecule has 3 nitrogen and oxygen atoms in total. The van der Waals surface area contributed by atoms with E-state index in [1.807, 2.05) is 12.1 Å². The van der Waals surface area contributed by atoms with Gasteiger partial charge in [0, 0.05) is 18.5 Å². The summed E-state index contributed by atoms with van der Waals surface area (Å²) in [5.41, 5.74) is 1.27. The van der Waals surface area contributed by atoms with Gasteiger partial charge < -0.3 is 15.2 Å². The topological polar surface area (TPSA) is 41.5 Å². The van der Waals surface area contributed by atoms with Gasteiger partial charge in [0.2, 0.25) is 0 Å². The summed E-state index contributed by atoms with van der Waals surface area (Å²) < 4.78 is 5.22.